The van der Waals surface area contributed by atoms with Gasteiger partial charge < -0.3 is 9.80 Å². The number of sulfonamides is 1. The third kappa shape index (κ3) is 5.53. The maximum Gasteiger partial charge on any atom is 0.327 e. The van der Waals surface area contributed by atoms with Gasteiger partial charge in [0.05, 0.1) is 23.8 Å². The van der Waals surface area contributed by atoms with Crippen molar-refractivity contribution in [1.82, 2.24) is 24.9 Å². The van der Waals surface area contributed by atoms with E-state index in [-0.39, 0.29) is 48.6 Å². The molecule has 3 saturated heterocycles. The molecule has 5 aliphatic rings. The molecule has 3 aliphatic heterocycles. The lowest BCUT2D eigenvalue weighted by atomic mass is 9.80. The number of carbonyl (C=O) groups excluding carboxylic acids is 2. The lowest BCUT2D eigenvalue weighted by Gasteiger charge is -2.49. The van der Waals surface area contributed by atoms with Crippen LogP contribution in [0.4, 0.5) is 4.79 Å². The first kappa shape index (κ1) is 25.4. The summed E-state index contributed by atoms with van der Waals surface area (Å²) in [6.07, 6.45) is 7.06. The number of fused-ring (bicyclic) bond motifs is 1. The first-order valence-electron chi connectivity index (χ1n) is 13.4. The highest BCUT2D eigenvalue weighted by Gasteiger charge is 2.52. The number of nitrogens with one attached hydrogen (secondary N) is 2. The van der Waals surface area contributed by atoms with Crippen molar-refractivity contribution in [3.05, 3.63) is 0 Å². The zero-order valence-corrected chi connectivity index (χ0v) is 21.9. The molecule has 2 aliphatic carbocycles. The molecule has 0 aromatic rings. The summed E-state index contributed by atoms with van der Waals surface area (Å²) in [5.74, 6) is -0.738. The number of hydroxylamine groups is 1. The summed E-state index contributed by atoms with van der Waals surface area (Å²) in [5.41, 5.74) is 2.59. The van der Waals surface area contributed by atoms with Crippen LogP contribution in [0.3, 0.4) is 0 Å². The number of nitrogens with zero attached hydrogens (tertiary/aromatic N) is 3. The largest absolute Gasteiger partial charge is 0.327 e. The summed E-state index contributed by atoms with van der Waals surface area (Å²) in [4.78, 5) is 38.5. The van der Waals surface area contributed by atoms with E-state index in [1.165, 1.54) is 24.2 Å². The minimum Gasteiger partial charge on any atom is -0.319 e. The molecule has 2 saturated carbocycles. The van der Waals surface area contributed by atoms with Crippen LogP contribution >= 0.6 is 0 Å². The van der Waals surface area contributed by atoms with Gasteiger partial charge in [0.25, 0.3) is 0 Å². The predicted octanol–water partition coefficient (Wildman–Crippen LogP) is 1.43. The summed E-state index contributed by atoms with van der Waals surface area (Å²) in [5, 5.41) is -0.603. The monoisotopic (exact) mass is 511 g/mol. The maximum absolute atomic E-state index is 13.6. The second kappa shape index (κ2) is 9.89. The van der Waals surface area contributed by atoms with Gasteiger partial charge in [-0.25, -0.2) is 17.9 Å². The molecule has 0 aromatic carbocycles. The van der Waals surface area contributed by atoms with Gasteiger partial charge in [0.15, 0.2) is 0 Å². The molecule has 35 heavy (non-hydrogen) atoms. The number of rotatable bonds is 8. The number of amides is 3. The van der Waals surface area contributed by atoms with E-state index in [2.05, 4.69) is 15.1 Å². The van der Waals surface area contributed by atoms with E-state index in [9.17, 15) is 18.0 Å². The van der Waals surface area contributed by atoms with E-state index in [1.54, 1.807) is 0 Å². The van der Waals surface area contributed by atoms with Crippen molar-refractivity contribution in [2.75, 3.05) is 32.7 Å². The molecule has 5 atom stereocenters. The molecule has 0 bridgehead atoms. The number of hydrogen-bond acceptors (Lipinski definition) is 7. The molecule has 10 nitrogen and oxygen atoms in total. The van der Waals surface area contributed by atoms with Gasteiger partial charge in [0.1, 0.15) is 0 Å². The van der Waals surface area contributed by atoms with Gasteiger partial charge in [-0.15, -0.1) is 0 Å². The minimum atomic E-state index is -3.53. The fraction of sp³-hybridized carbons (Fsp3) is 0.917. The topological polar surface area (TPSA) is 111 Å². The van der Waals surface area contributed by atoms with Gasteiger partial charge in [-0.2, -0.15) is 5.48 Å². The van der Waals surface area contributed by atoms with E-state index < -0.39 is 21.2 Å². The van der Waals surface area contributed by atoms with Crippen molar-refractivity contribution >= 4 is 22.0 Å². The minimum absolute atomic E-state index is 0.164. The standard InChI is InChI=1S/C24H41N5O5S/c1-17-14-18(34-25-17)16-29-22(30)20-15-19(35(32,33)26-24(2)8-9-24)6-7-21(20)28(23(29)31)13-12-27-10-4-3-5-11-27/h17-21,25-26H,3-16H2,1-2H3. The Hall–Kier alpha value is -1.27. The van der Waals surface area contributed by atoms with Crippen LogP contribution < -0.4 is 10.2 Å². The maximum atomic E-state index is 13.6. The Morgan fingerprint density at radius 2 is 1.83 bits per heavy atom. The van der Waals surface area contributed by atoms with Gasteiger partial charge in [0.2, 0.25) is 15.9 Å². The molecule has 11 heteroatoms. The molecule has 0 radical (unpaired) electrons. The Morgan fingerprint density at radius 3 is 2.49 bits per heavy atom. The van der Waals surface area contributed by atoms with Crippen LogP contribution in [0.2, 0.25) is 0 Å². The number of carbonyl (C=O) groups is 2. The number of urea groups is 1. The zero-order valence-electron chi connectivity index (χ0n) is 21.1. The number of hydrogen-bond donors (Lipinski definition) is 2. The van der Waals surface area contributed by atoms with E-state index >= 15 is 0 Å². The molecule has 5 unspecified atom stereocenters. The molecule has 198 valence electrons. The van der Waals surface area contributed by atoms with Gasteiger partial charge in [0, 0.05) is 30.7 Å². The average molecular weight is 512 g/mol. The molecular weight excluding hydrogens is 470 g/mol. The Kier molecular flexibility index (Phi) is 7.17. The molecular formula is C24H41N5O5S. The predicted molar refractivity (Wildman–Crippen MR) is 131 cm³/mol. The van der Waals surface area contributed by atoms with Crippen molar-refractivity contribution in [1.29, 1.82) is 0 Å². The first-order chi connectivity index (χ1) is 16.7. The Balaban J connectivity index is 1.33. The zero-order chi connectivity index (χ0) is 24.8. The number of imide groups is 1. The van der Waals surface area contributed by atoms with E-state index in [4.69, 9.17) is 4.84 Å². The summed E-state index contributed by atoms with van der Waals surface area (Å²) in [6, 6.07) is -0.320. The van der Waals surface area contributed by atoms with Crippen LogP contribution in [-0.2, 0) is 19.7 Å². The quantitative estimate of drug-likeness (QED) is 0.507. The second-order valence-corrected chi connectivity index (χ2v) is 13.6. The number of piperidine rings is 1. The van der Waals surface area contributed by atoms with Crippen LogP contribution in [0, 0.1) is 5.92 Å². The normalized spacial score (nSPS) is 35.9. The van der Waals surface area contributed by atoms with Crippen LogP contribution in [0.15, 0.2) is 0 Å². The van der Waals surface area contributed by atoms with Crippen molar-refractivity contribution < 1.29 is 22.8 Å². The van der Waals surface area contributed by atoms with Crippen molar-refractivity contribution in [3.63, 3.8) is 0 Å². The van der Waals surface area contributed by atoms with Gasteiger partial charge in [-0.1, -0.05) is 6.42 Å². The SMILES string of the molecule is CC1CC(CN2C(=O)C3CC(S(=O)(=O)NC4(C)CC4)CCC3N(CCN3CCCCC3)C2=O)ON1. The van der Waals surface area contributed by atoms with Crippen molar-refractivity contribution in [2.24, 2.45) is 5.92 Å². The molecule has 3 heterocycles. The summed E-state index contributed by atoms with van der Waals surface area (Å²) in [7, 11) is -3.53. The van der Waals surface area contributed by atoms with Crippen LogP contribution in [-0.4, -0.2) is 96.8 Å². The van der Waals surface area contributed by atoms with Crippen molar-refractivity contribution in [3.8, 4) is 0 Å². The summed E-state index contributed by atoms with van der Waals surface area (Å²) < 4.78 is 29.2. The molecule has 0 aromatic heterocycles. The highest BCUT2D eigenvalue weighted by molar-refractivity contribution is 7.90. The van der Waals surface area contributed by atoms with E-state index in [0.717, 1.165) is 38.9 Å². The Bertz CT molecular complexity index is 919. The van der Waals surface area contributed by atoms with Crippen LogP contribution in [0.25, 0.3) is 0 Å². The fourth-order valence-electron chi connectivity index (χ4n) is 6.22. The molecule has 0 spiro atoms. The van der Waals surface area contributed by atoms with Gasteiger partial charge in [-0.3, -0.25) is 14.5 Å². The lowest BCUT2D eigenvalue weighted by molar-refractivity contribution is -0.142. The molecule has 5 fully saturated rings. The van der Waals surface area contributed by atoms with Crippen LogP contribution in [0.1, 0.15) is 71.6 Å². The summed E-state index contributed by atoms with van der Waals surface area (Å²) >= 11 is 0. The van der Waals surface area contributed by atoms with Gasteiger partial charge >= 0.3 is 6.03 Å². The first-order valence-corrected chi connectivity index (χ1v) is 15.0. The smallest absolute Gasteiger partial charge is 0.319 e. The average Bonchev–Trinajstić information content (AvgIpc) is 3.40. The fourth-order valence-corrected chi connectivity index (χ4v) is 8.19. The highest BCUT2D eigenvalue weighted by atomic mass is 32.2. The lowest BCUT2D eigenvalue weighted by Crippen LogP contribution is -2.65. The molecule has 2 N–H and O–H groups in total. The van der Waals surface area contributed by atoms with Crippen LogP contribution in [0.5, 0.6) is 0 Å². The Morgan fingerprint density at radius 1 is 1.09 bits per heavy atom. The third-order valence-electron chi connectivity index (χ3n) is 8.60. The van der Waals surface area contributed by atoms with Crippen molar-refractivity contribution in [2.45, 2.75) is 101 Å². The summed E-state index contributed by atoms with van der Waals surface area (Å²) in [6.45, 7) is 7.58. The van der Waals surface area contributed by atoms with Gasteiger partial charge in [-0.05, 0) is 78.3 Å². The second-order valence-electron chi connectivity index (χ2n) is 11.6. The highest BCUT2D eigenvalue weighted by Crippen LogP contribution is 2.40. The molecule has 3 amide bonds. The third-order valence-corrected chi connectivity index (χ3v) is 10.7. The van der Waals surface area contributed by atoms with E-state index in [1.807, 2.05) is 18.7 Å². The van der Waals surface area contributed by atoms with E-state index in [0.29, 0.717) is 19.4 Å². The number of likely N-dealkylation sites (tertiary alicyclic amines) is 1. The Labute approximate surface area is 209 Å². The molecule has 5 rings (SSSR count).